The molecule has 0 heterocycles. The highest BCUT2D eigenvalue weighted by atomic mass is 15.1. The van der Waals surface area contributed by atoms with E-state index >= 15 is 0 Å². The zero-order chi connectivity index (χ0) is 10.1. The van der Waals surface area contributed by atoms with Crippen LogP contribution in [-0.2, 0) is 0 Å². The first-order valence-corrected chi connectivity index (χ1v) is 6.04. The number of fused-ring (bicyclic) bond motifs is 1. The van der Waals surface area contributed by atoms with Crippen molar-refractivity contribution >= 4 is 0 Å². The van der Waals surface area contributed by atoms with E-state index in [1.807, 2.05) is 0 Å². The first-order chi connectivity index (χ1) is 6.70. The topological polar surface area (TPSA) is 3.24 Å². The first-order valence-electron chi connectivity index (χ1n) is 6.04. The van der Waals surface area contributed by atoms with Crippen molar-refractivity contribution in [3.05, 3.63) is 12.2 Å². The summed E-state index contributed by atoms with van der Waals surface area (Å²) in [6.45, 7) is 4.27. The maximum absolute atomic E-state index is 4.27. The van der Waals surface area contributed by atoms with Crippen LogP contribution in [0.5, 0.6) is 0 Å². The second kappa shape index (κ2) is 4.06. The van der Waals surface area contributed by atoms with Gasteiger partial charge in [0.05, 0.1) is 0 Å². The monoisotopic (exact) mass is 193 g/mol. The van der Waals surface area contributed by atoms with E-state index in [0.717, 1.165) is 17.9 Å². The second-order valence-electron chi connectivity index (χ2n) is 5.28. The van der Waals surface area contributed by atoms with Crippen molar-refractivity contribution in [1.82, 2.24) is 4.90 Å². The fourth-order valence-corrected chi connectivity index (χ4v) is 3.50. The lowest BCUT2D eigenvalue weighted by atomic mass is 9.66. The van der Waals surface area contributed by atoms with E-state index in [2.05, 4.69) is 25.6 Å². The predicted octanol–water partition coefficient (Wildman–Crippen LogP) is 3.07. The third-order valence-corrected chi connectivity index (χ3v) is 4.26. The van der Waals surface area contributed by atoms with E-state index in [4.69, 9.17) is 0 Å². The molecule has 2 rings (SSSR count). The van der Waals surface area contributed by atoms with Gasteiger partial charge in [-0.25, -0.2) is 0 Å². The van der Waals surface area contributed by atoms with Crippen LogP contribution in [0, 0.1) is 11.8 Å². The lowest BCUT2D eigenvalue weighted by Gasteiger charge is -2.45. The van der Waals surface area contributed by atoms with Crippen LogP contribution in [0.15, 0.2) is 12.2 Å². The van der Waals surface area contributed by atoms with Gasteiger partial charge in [-0.2, -0.15) is 0 Å². The molecule has 0 bridgehead atoms. The van der Waals surface area contributed by atoms with Crippen molar-refractivity contribution in [2.75, 3.05) is 14.1 Å². The summed E-state index contributed by atoms with van der Waals surface area (Å²) in [7, 11) is 4.48. The molecular weight excluding hydrogens is 170 g/mol. The fourth-order valence-electron chi connectivity index (χ4n) is 3.50. The highest BCUT2D eigenvalue weighted by Gasteiger charge is 2.37. The summed E-state index contributed by atoms with van der Waals surface area (Å²) < 4.78 is 0. The smallest absolute Gasteiger partial charge is 0.0126 e. The maximum atomic E-state index is 4.27. The van der Waals surface area contributed by atoms with Crippen molar-refractivity contribution in [2.24, 2.45) is 11.8 Å². The van der Waals surface area contributed by atoms with E-state index < -0.39 is 0 Å². The van der Waals surface area contributed by atoms with Gasteiger partial charge in [0.25, 0.3) is 0 Å². The largest absolute Gasteiger partial charge is 0.306 e. The molecule has 0 amide bonds. The van der Waals surface area contributed by atoms with Gasteiger partial charge in [-0.15, -0.1) is 0 Å². The van der Waals surface area contributed by atoms with Crippen LogP contribution in [0.2, 0.25) is 0 Å². The Morgan fingerprint density at radius 3 is 2.57 bits per heavy atom. The van der Waals surface area contributed by atoms with E-state index in [-0.39, 0.29) is 0 Å². The lowest BCUT2D eigenvalue weighted by Crippen LogP contribution is -2.43. The summed E-state index contributed by atoms with van der Waals surface area (Å²) in [5.74, 6) is 1.77. The van der Waals surface area contributed by atoms with Crippen molar-refractivity contribution in [3.8, 4) is 0 Å². The fraction of sp³-hybridized carbons (Fsp3) is 0.846. The molecular formula is C13H23N. The first kappa shape index (κ1) is 10.2. The third kappa shape index (κ3) is 1.75. The lowest BCUT2D eigenvalue weighted by molar-refractivity contribution is 0.101. The second-order valence-corrected chi connectivity index (χ2v) is 5.28. The zero-order valence-corrected chi connectivity index (χ0v) is 9.63. The SMILES string of the molecule is C=C1CCC(N(C)C)C2CCCCC12. The van der Waals surface area contributed by atoms with Gasteiger partial charge >= 0.3 is 0 Å². The van der Waals surface area contributed by atoms with Gasteiger partial charge in [-0.3, -0.25) is 0 Å². The molecule has 14 heavy (non-hydrogen) atoms. The Morgan fingerprint density at radius 1 is 1.14 bits per heavy atom. The molecule has 0 radical (unpaired) electrons. The molecule has 3 atom stereocenters. The van der Waals surface area contributed by atoms with Gasteiger partial charge in [-0.1, -0.05) is 25.0 Å². The molecule has 0 aromatic heterocycles. The maximum Gasteiger partial charge on any atom is 0.0126 e. The summed E-state index contributed by atoms with van der Waals surface area (Å²) in [5, 5.41) is 0. The summed E-state index contributed by atoms with van der Waals surface area (Å²) in [5.41, 5.74) is 1.55. The van der Waals surface area contributed by atoms with E-state index in [9.17, 15) is 0 Å². The van der Waals surface area contributed by atoms with Crippen LogP contribution < -0.4 is 0 Å². The van der Waals surface area contributed by atoms with Crippen LogP contribution in [0.25, 0.3) is 0 Å². The van der Waals surface area contributed by atoms with Crippen LogP contribution >= 0.6 is 0 Å². The summed E-state index contributed by atoms with van der Waals surface area (Å²) in [6.07, 6.45) is 8.33. The number of hydrogen-bond acceptors (Lipinski definition) is 1. The molecule has 3 unspecified atom stereocenters. The molecule has 0 spiro atoms. The normalized spacial score (nSPS) is 38.5. The van der Waals surface area contributed by atoms with Gasteiger partial charge in [0.1, 0.15) is 0 Å². The highest BCUT2D eigenvalue weighted by Crippen LogP contribution is 2.44. The zero-order valence-electron chi connectivity index (χ0n) is 9.63. The van der Waals surface area contributed by atoms with Crippen molar-refractivity contribution in [1.29, 1.82) is 0 Å². The Balaban J connectivity index is 2.12. The van der Waals surface area contributed by atoms with Crippen LogP contribution in [0.1, 0.15) is 38.5 Å². The van der Waals surface area contributed by atoms with Gasteiger partial charge in [0, 0.05) is 6.04 Å². The van der Waals surface area contributed by atoms with Crippen LogP contribution in [0.3, 0.4) is 0 Å². The number of nitrogens with zero attached hydrogens (tertiary/aromatic N) is 1. The minimum atomic E-state index is 0.825. The van der Waals surface area contributed by atoms with Crippen molar-refractivity contribution in [3.63, 3.8) is 0 Å². The van der Waals surface area contributed by atoms with E-state index in [1.165, 1.54) is 38.5 Å². The average Bonchev–Trinajstić information content (AvgIpc) is 2.18. The van der Waals surface area contributed by atoms with Gasteiger partial charge in [0.2, 0.25) is 0 Å². The van der Waals surface area contributed by atoms with Crippen molar-refractivity contribution < 1.29 is 0 Å². The van der Waals surface area contributed by atoms with Gasteiger partial charge in [-0.05, 0) is 51.6 Å². The molecule has 0 aliphatic heterocycles. The van der Waals surface area contributed by atoms with Crippen LogP contribution in [-0.4, -0.2) is 25.0 Å². The van der Waals surface area contributed by atoms with E-state index in [1.54, 1.807) is 5.57 Å². The molecule has 80 valence electrons. The Kier molecular flexibility index (Phi) is 2.96. The Morgan fingerprint density at radius 2 is 1.86 bits per heavy atom. The van der Waals surface area contributed by atoms with Gasteiger partial charge in [0.15, 0.2) is 0 Å². The molecule has 2 fully saturated rings. The molecule has 0 aromatic rings. The molecule has 2 aliphatic rings. The number of allylic oxidation sites excluding steroid dienone is 1. The van der Waals surface area contributed by atoms with Crippen LogP contribution in [0.4, 0.5) is 0 Å². The minimum Gasteiger partial charge on any atom is -0.306 e. The molecule has 1 heteroatoms. The predicted molar refractivity (Wildman–Crippen MR) is 61.3 cm³/mol. The molecule has 1 nitrogen and oxygen atoms in total. The quantitative estimate of drug-likeness (QED) is 0.578. The Hall–Kier alpha value is -0.300. The standard InChI is InChI=1S/C13H23N/c1-10-8-9-13(14(2)3)12-7-5-4-6-11(10)12/h11-13H,1,4-9H2,2-3H3. The van der Waals surface area contributed by atoms with Gasteiger partial charge < -0.3 is 4.90 Å². The molecule has 0 saturated heterocycles. The molecule has 0 aromatic carbocycles. The third-order valence-electron chi connectivity index (χ3n) is 4.26. The summed E-state index contributed by atoms with van der Waals surface area (Å²) >= 11 is 0. The Labute approximate surface area is 88.2 Å². The highest BCUT2D eigenvalue weighted by molar-refractivity contribution is 5.10. The molecule has 2 saturated carbocycles. The number of hydrogen-bond donors (Lipinski definition) is 0. The minimum absolute atomic E-state index is 0.825. The van der Waals surface area contributed by atoms with E-state index in [0.29, 0.717) is 0 Å². The summed E-state index contributed by atoms with van der Waals surface area (Å²) in [4.78, 5) is 2.44. The summed E-state index contributed by atoms with van der Waals surface area (Å²) in [6, 6.07) is 0.825. The number of rotatable bonds is 1. The molecule has 0 N–H and O–H groups in total. The van der Waals surface area contributed by atoms with Crippen molar-refractivity contribution in [2.45, 2.75) is 44.6 Å². The Bertz CT molecular complexity index is 219. The average molecular weight is 193 g/mol. The molecule has 2 aliphatic carbocycles.